The molecule has 0 bridgehead atoms. The topological polar surface area (TPSA) is 42.7 Å². The van der Waals surface area contributed by atoms with E-state index in [1.54, 1.807) is 12.4 Å². The van der Waals surface area contributed by atoms with Crippen molar-refractivity contribution in [3.8, 4) is 0 Å². The van der Waals surface area contributed by atoms with Gasteiger partial charge < -0.3 is 5.32 Å². The van der Waals surface area contributed by atoms with Crippen molar-refractivity contribution in [2.45, 2.75) is 18.5 Å². The minimum atomic E-state index is 0.0118. The predicted molar refractivity (Wildman–Crippen MR) is 105 cm³/mol. The summed E-state index contributed by atoms with van der Waals surface area (Å²) in [5.74, 6) is 0.751. The van der Waals surface area contributed by atoms with E-state index in [1.807, 2.05) is 16.8 Å². The van der Waals surface area contributed by atoms with E-state index in [0.29, 0.717) is 10.0 Å². The van der Waals surface area contributed by atoms with Crippen molar-refractivity contribution in [3.05, 3.63) is 73.5 Å². The molecule has 0 amide bonds. The minimum Gasteiger partial charge on any atom is -0.348 e. The van der Waals surface area contributed by atoms with Gasteiger partial charge in [0.15, 0.2) is 0 Å². The standard InChI is InChI=1S/C17H13Cl2IN4/c18-11-3-6-13(14(19)7-11)16-8-15(10-1-4-12(20)5-2-10)23-17-21-9-22-24(16)17/h1-7,9,15-16H,8H2,(H,21,22,23)/t15-,16+/m0/s1. The summed E-state index contributed by atoms with van der Waals surface area (Å²) in [7, 11) is 0. The van der Waals surface area contributed by atoms with E-state index >= 15 is 0 Å². The lowest BCUT2D eigenvalue weighted by Gasteiger charge is -2.32. The first-order valence-electron chi connectivity index (χ1n) is 7.48. The second-order valence-electron chi connectivity index (χ2n) is 5.69. The summed E-state index contributed by atoms with van der Waals surface area (Å²) in [6, 6.07) is 14.3. The Morgan fingerprint density at radius 2 is 1.92 bits per heavy atom. The van der Waals surface area contributed by atoms with E-state index in [-0.39, 0.29) is 12.1 Å². The van der Waals surface area contributed by atoms with Gasteiger partial charge in [0.1, 0.15) is 6.33 Å². The van der Waals surface area contributed by atoms with E-state index in [4.69, 9.17) is 23.2 Å². The molecule has 7 heteroatoms. The van der Waals surface area contributed by atoms with Crippen molar-refractivity contribution in [3.63, 3.8) is 0 Å². The highest BCUT2D eigenvalue weighted by Crippen LogP contribution is 2.40. The molecule has 4 rings (SSSR count). The molecule has 122 valence electrons. The van der Waals surface area contributed by atoms with Crippen LogP contribution in [0.15, 0.2) is 48.8 Å². The first kappa shape index (κ1) is 16.2. The van der Waals surface area contributed by atoms with Gasteiger partial charge in [-0.15, -0.1) is 0 Å². The average molecular weight is 471 g/mol. The highest BCUT2D eigenvalue weighted by molar-refractivity contribution is 14.1. The van der Waals surface area contributed by atoms with Gasteiger partial charge in [-0.25, -0.2) is 4.68 Å². The fourth-order valence-corrected chi connectivity index (χ4v) is 3.96. The largest absolute Gasteiger partial charge is 0.348 e. The molecule has 1 aliphatic rings. The molecule has 0 radical (unpaired) electrons. The van der Waals surface area contributed by atoms with Crippen molar-refractivity contribution < 1.29 is 0 Å². The summed E-state index contributed by atoms with van der Waals surface area (Å²) in [5, 5.41) is 9.11. The molecule has 0 saturated heterocycles. The van der Waals surface area contributed by atoms with E-state index < -0.39 is 0 Å². The summed E-state index contributed by atoms with van der Waals surface area (Å²) in [6.07, 6.45) is 2.40. The van der Waals surface area contributed by atoms with Gasteiger partial charge in [-0.1, -0.05) is 41.4 Å². The van der Waals surface area contributed by atoms with Crippen LogP contribution in [0.25, 0.3) is 0 Å². The molecular formula is C17H13Cl2IN4. The number of benzene rings is 2. The van der Waals surface area contributed by atoms with Gasteiger partial charge in [-0.05, 0) is 64.4 Å². The maximum atomic E-state index is 6.44. The van der Waals surface area contributed by atoms with Crippen LogP contribution in [0.1, 0.15) is 29.6 Å². The molecule has 2 atom stereocenters. The maximum absolute atomic E-state index is 6.44. The number of nitrogens with zero attached hydrogens (tertiary/aromatic N) is 3. The van der Waals surface area contributed by atoms with Gasteiger partial charge >= 0.3 is 0 Å². The number of hydrogen-bond donors (Lipinski definition) is 1. The van der Waals surface area contributed by atoms with Crippen molar-refractivity contribution in [1.82, 2.24) is 14.8 Å². The number of rotatable bonds is 2. The Hall–Kier alpha value is -1.31. The molecule has 24 heavy (non-hydrogen) atoms. The van der Waals surface area contributed by atoms with Crippen LogP contribution < -0.4 is 5.32 Å². The first-order chi connectivity index (χ1) is 11.6. The molecule has 2 heterocycles. The average Bonchev–Trinajstić information content (AvgIpc) is 3.03. The zero-order valence-electron chi connectivity index (χ0n) is 12.5. The minimum absolute atomic E-state index is 0.0118. The number of nitrogens with one attached hydrogen (secondary N) is 1. The van der Waals surface area contributed by atoms with Crippen LogP contribution in [0.4, 0.5) is 5.95 Å². The highest BCUT2D eigenvalue weighted by Gasteiger charge is 2.31. The van der Waals surface area contributed by atoms with E-state index in [9.17, 15) is 0 Å². The first-order valence-corrected chi connectivity index (χ1v) is 9.32. The lowest BCUT2D eigenvalue weighted by atomic mass is 9.93. The van der Waals surface area contributed by atoms with Gasteiger partial charge in [-0.2, -0.15) is 10.1 Å². The zero-order chi connectivity index (χ0) is 16.7. The van der Waals surface area contributed by atoms with Gasteiger partial charge in [0.05, 0.1) is 12.1 Å². The number of halogens is 3. The van der Waals surface area contributed by atoms with Crippen molar-refractivity contribution in [2.24, 2.45) is 0 Å². The molecule has 0 spiro atoms. The second kappa shape index (κ2) is 6.54. The Labute approximate surface area is 163 Å². The van der Waals surface area contributed by atoms with Gasteiger partial charge in [0.25, 0.3) is 0 Å². The van der Waals surface area contributed by atoms with Crippen LogP contribution in [-0.4, -0.2) is 14.8 Å². The maximum Gasteiger partial charge on any atom is 0.222 e. The van der Waals surface area contributed by atoms with Crippen molar-refractivity contribution >= 4 is 51.7 Å². The molecule has 2 aromatic carbocycles. The highest BCUT2D eigenvalue weighted by atomic mass is 127. The molecule has 0 aliphatic carbocycles. The molecule has 1 aromatic heterocycles. The fourth-order valence-electron chi connectivity index (χ4n) is 3.06. The van der Waals surface area contributed by atoms with Crippen molar-refractivity contribution in [1.29, 1.82) is 0 Å². The molecular weight excluding hydrogens is 458 g/mol. The smallest absolute Gasteiger partial charge is 0.222 e. The van der Waals surface area contributed by atoms with Gasteiger partial charge in [-0.3, -0.25) is 0 Å². The zero-order valence-corrected chi connectivity index (χ0v) is 16.1. The molecule has 0 unspecified atom stereocenters. The van der Waals surface area contributed by atoms with E-state index in [0.717, 1.165) is 17.9 Å². The van der Waals surface area contributed by atoms with Crippen molar-refractivity contribution in [2.75, 3.05) is 5.32 Å². The Bertz CT molecular complexity index is 879. The second-order valence-corrected chi connectivity index (χ2v) is 7.78. The third-order valence-corrected chi connectivity index (χ3v) is 5.51. The Morgan fingerprint density at radius 1 is 1.12 bits per heavy atom. The van der Waals surface area contributed by atoms with E-state index in [1.165, 1.54) is 9.13 Å². The van der Waals surface area contributed by atoms with Crippen LogP contribution >= 0.6 is 45.8 Å². The third-order valence-electron chi connectivity index (χ3n) is 4.22. The summed E-state index contributed by atoms with van der Waals surface area (Å²) < 4.78 is 3.10. The predicted octanol–water partition coefficient (Wildman–Crippen LogP) is 5.34. The molecule has 4 nitrogen and oxygen atoms in total. The molecule has 0 fully saturated rings. The summed E-state index contributed by atoms with van der Waals surface area (Å²) in [5.41, 5.74) is 2.23. The third kappa shape index (κ3) is 3.00. The monoisotopic (exact) mass is 470 g/mol. The van der Waals surface area contributed by atoms with Crippen LogP contribution in [-0.2, 0) is 0 Å². The number of hydrogen-bond acceptors (Lipinski definition) is 3. The number of anilines is 1. The van der Waals surface area contributed by atoms with E-state index in [2.05, 4.69) is 62.3 Å². The Morgan fingerprint density at radius 3 is 2.67 bits per heavy atom. The van der Waals surface area contributed by atoms with Crippen LogP contribution in [0.5, 0.6) is 0 Å². The molecule has 1 aliphatic heterocycles. The van der Waals surface area contributed by atoms with Crippen LogP contribution in [0, 0.1) is 3.57 Å². The Kier molecular flexibility index (Phi) is 4.40. The normalized spacial score (nSPS) is 19.6. The van der Waals surface area contributed by atoms with Crippen LogP contribution in [0.2, 0.25) is 10.0 Å². The number of aromatic nitrogens is 3. The Balaban J connectivity index is 1.75. The molecule has 3 aromatic rings. The summed E-state index contributed by atoms with van der Waals surface area (Å²) in [6.45, 7) is 0. The summed E-state index contributed by atoms with van der Waals surface area (Å²) in [4.78, 5) is 4.34. The molecule has 1 N–H and O–H groups in total. The number of fused-ring (bicyclic) bond motifs is 1. The molecule has 0 saturated carbocycles. The van der Waals surface area contributed by atoms with Gasteiger partial charge in [0, 0.05) is 13.6 Å². The lowest BCUT2D eigenvalue weighted by molar-refractivity contribution is 0.431. The fraction of sp³-hybridized carbons (Fsp3) is 0.176. The van der Waals surface area contributed by atoms with Crippen LogP contribution in [0.3, 0.4) is 0 Å². The quantitative estimate of drug-likeness (QED) is 0.514. The summed E-state index contributed by atoms with van der Waals surface area (Å²) >= 11 is 14.8. The lowest BCUT2D eigenvalue weighted by Crippen LogP contribution is -2.28. The SMILES string of the molecule is Clc1ccc([C@H]2C[C@@H](c3ccc(I)cc3)Nc3ncnn32)c(Cl)c1. The van der Waals surface area contributed by atoms with Gasteiger partial charge in [0.2, 0.25) is 5.95 Å².